The molecule has 0 radical (unpaired) electrons. The van der Waals surface area contributed by atoms with Crippen LogP contribution in [0.5, 0.6) is 0 Å². The maximum atomic E-state index is 11.9. The second-order valence-electron chi connectivity index (χ2n) is 9.21. The minimum atomic E-state index is -0.353. The van der Waals surface area contributed by atoms with E-state index in [0.29, 0.717) is 24.8 Å². The number of aromatic nitrogens is 5. The van der Waals surface area contributed by atoms with E-state index in [4.69, 9.17) is 14.2 Å². The van der Waals surface area contributed by atoms with Crippen LogP contribution in [0.15, 0.2) is 24.5 Å². The normalized spacial score (nSPS) is 22.5. The van der Waals surface area contributed by atoms with Gasteiger partial charge in [0.05, 0.1) is 25.0 Å². The highest BCUT2D eigenvalue weighted by Crippen LogP contribution is 2.36. The Bertz CT molecular complexity index is 1120. The van der Waals surface area contributed by atoms with Crippen molar-refractivity contribution in [2.24, 2.45) is 0 Å². The number of carbonyl (C=O) groups is 1. The first-order chi connectivity index (χ1) is 16.5. The van der Waals surface area contributed by atoms with Crippen molar-refractivity contribution in [2.45, 2.75) is 70.3 Å². The van der Waals surface area contributed by atoms with Crippen LogP contribution in [-0.2, 0) is 20.8 Å². The number of alkyl carbamates (subject to hydrolysis) is 1. The van der Waals surface area contributed by atoms with Crippen molar-refractivity contribution < 1.29 is 19.0 Å². The first-order valence-electron chi connectivity index (χ1n) is 11.9. The summed E-state index contributed by atoms with van der Waals surface area (Å²) in [6, 6.07) is 4.03. The number of nitrogens with zero attached hydrogens (tertiary/aromatic N) is 4. The molecule has 3 N–H and O–H groups in total. The van der Waals surface area contributed by atoms with E-state index >= 15 is 0 Å². The molecule has 34 heavy (non-hydrogen) atoms. The van der Waals surface area contributed by atoms with Crippen LogP contribution in [0, 0.1) is 0 Å². The van der Waals surface area contributed by atoms with Crippen molar-refractivity contribution in [1.82, 2.24) is 30.1 Å². The number of ether oxygens (including phenoxy) is 3. The Morgan fingerprint density at radius 3 is 3.03 bits per heavy atom. The Morgan fingerprint density at radius 2 is 2.21 bits per heavy atom. The van der Waals surface area contributed by atoms with E-state index in [1.165, 1.54) is 0 Å². The summed E-state index contributed by atoms with van der Waals surface area (Å²) >= 11 is 0. The first-order valence-corrected chi connectivity index (χ1v) is 11.9. The highest BCUT2D eigenvalue weighted by molar-refractivity contribution is 5.72. The topological polar surface area (TPSA) is 128 Å². The van der Waals surface area contributed by atoms with Gasteiger partial charge in [0.2, 0.25) is 0 Å². The lowest BCUT2D eigenvalue weighted by Crippen LogP contribution is -2.33. The van der Waals surface area contributed by atoms with Crippen molar-refractivity contribution in [3.8, 4) is 0 Å². The van der Waals surface area contributed by atoms with Crippen LogP contribution in [0.4, 0.5) is 16.4 Å². The van der Waals surface area contributed by atoms with Crippen LogP contribution in [0.2, 0.25) is 0 Å². The van der Waals surface area contributed by atoms with E-state index in [1.807, 2.05) is 32.2 Å². The molecule has 1 amide bonds. The molecule has 1 saturated heterocycles. The van der Waals surface area contributed by atoms with Crippen LogP contribution < -0.4 is 10.6 Å². The molecule has 0 aromatic carbocycles. The van der Waals surface area contributed by atoms with E-state index in [1.54, 1.807) is 10.7 Å². The van der Waals surface area contributed by atoms with Crippen LogP contribution >= 0.6 is 0 Å². The molecule has 5 rings (SSSR count). The fraction of sp³-hybridized carbons (Fsp3) is 0.565. The summed E-state index contributed by atoms with van der Waals surface area (Å²) in [6.45, 7) is 5.65. The predicted octanol–water partition coefficient (Wildman–Crippen LogP) is 3.27. The average Bonchev–Trinajstić information content (AvgIpc) is 3.58. The molecule has 1 aliphatic heterocycles. The molecule has 1 unspecified atom stereocenters. The molecule has 4 heterocycles. The SMILES string of the molecule is CC(C)NC(=O)O[C@@H]1CC[C@H](c2cc(Nc3nccn4nc(COC5CCOC5)cc34)n[nH]2)C1. The van der Waals surface area contributed by atoms with E-state index < -0.39 is 0 Å². The molecule has 1 saturated carbocycles. The number of hydrogen-bond donors (Lipinski definition) is 3. The maximum absolute atomic E-state index is 11.9. The van der Waals surface area contributed by atoms with Crippen LogP contribution in [-0.4, -0.2) is 62.4 Å². The Labute approximate surface area is 197 Å². The average molecular weight is 470 g/mol. The van der Waals surface area contributed by atoms with E-state index in [-0.39, 0.29) is 30.3 Å². The number of carbonyl (C=O) groups excluding carboxylic acids is 1. The minimum Gasteiger partial charge on any atom is -0.446 e. The predicted molar refractivity (Wildman–Crippen MR) is 124 cm³/mol. The third-order valence-electron chi connectivity index (χ3n) is 6.14. The van der Waals surface area contributed by atoms with Gasteiger partial charge >= 0.3 is 6.09 Å². The van der Waals surface area contributed by atoms with Gasteiger partial charge in [0.15, 0.2) is 11.6 Å². The Hall–Kier alpha value is -3.18. The third kappa shape index (κ3) is 5.31. The first kappa shape index (κ1) is 22.6. The summed E-state index contributed by atoms with van der Waals surface area (Å²) in [5.74, 6) is 1.61. The number of H-pyrrole nitrogens is 1. The van der Waals surface area contributed by atoms with E-state index in [0.717, 1.165) is 49.2 Å². The lowest BCUT2D eigenvalue weighted by atomic mass is 10.0. The zero-order valence-corrected chi connectivity index (χ0v) is 19.5. The van der Waals surface area contributed by atoms with E-state index in [2.05, 4.69) is 30.9 Å². The lowest BCUT2D eigenvalue weighted by molar-refractivity contribution is 0.0300. The number of anilines is 2. The van der Waals surface area contributed by atoms with Gasteiger partial charge in [-0.15, -0.1) is 0 Å². The number of amides is 1. The van der Waals surface area contributed by atoms with Gasteiger partial charge in [-0.1, -0.05) is 0 Å². The molecule has 3 atom stereocenters. The minimum absolute atomic E-state index is 0.0605. The van der Waals surface area contributed by atoms with Crippen LogP contribution in [0.1, 0.15) is 56.8 Å². The molecule has 11 nitrogen and oxygen atoms in total. The van der Waals surface area contributed by atoms with Crippen LogP contribution in [0.3, 0.4) is 0 Å². The van der Waals surface area contributed by atoms with Crippen molar-refractivity contribution in [3.05, 3.63) is 35.9 Å². The standard InChI is InChI=1S/C23H31N7O4/c1-14(2)25-23(31)34-17-4-3-15(9-17)19-11-21(28-27-19)26-22-20-10-16(29-30(20)7-6-24-22)12-33-18-5-8-32-13-18/h6-7,10-11,14-15,17-18H,3-5,8-9,12-13H2,1-2H3,(H,25,31)(H2,24,26,27,28)/t15-,17+,18?/m0/s1. The van der Waals surface area contributed by atoms with Gasteiger partial charge in [0.25, 0.3) is 0 Å². The number of nitrogens with one attached hydrogen (secondary N) is 3. The highest BCUT2D eigenvalue weighted by atomic mass is 16.6. The fourth-order valence-corrected chi connectivity index (χ4v) is 4.47. The molecular weight excluding hydrogens is 438 g/mol. The summed E-state index contributed by atoms with van der Waals surface area (Å²) in [6.07, 6.45) is 6.68. The lowest BCUT2D eigenvalue weighted by Gasteiger charge is -2.14. The van der Waals surface area contributed by atoms with Crippen LogP contribution in [0.25, 0.3) is 5.52 Å². The zero-order valence-electron chi connectivity index (χ0n) is 19.5. The molecule has 2 aliphatic rings. The Kier molecular flexibility index (Phi) is 6.63. The van der Waals surface area contributed by atoms with Crippen molar-refractivity contribution in [2.75, 3.05) is 18.5 Å². The number of hydrogen-bond acceptors (Lipinski definition) is 8. The molecule has 3 aromatic rings. The largest absolute Gasteiger partial charge is 0.446 e. The summed E-state index contributed by atoms with van der Waals surface area (Å²) in [5.41, 5.74) is 2.70. The summed E-state index contributed by atoms with van der Waals surface area (Å²) in [5, 5.41) is 18.2. The van der Waals surface area contributed by atoms with Gasteiger partial charge in [0.1, 0.15) is 11.6 Å². The number of aromatic amines is 1. The van der Waals surface area contributed by atoms with Gasteiger partial charge in [-0.3, -0.25) is 5.10 Å². The Balaban J connectivity index is 1.20. The highest BCUT2D eigenvalue weighted by Gasteiger charge is 2.30. The summed E-state index contributed by atoms with van der Waals surface area (Å²) < 4.78 is 18.6. The smallest absolute Gasteiger partial charge is 0.407 e. The molecule has 182 valence electrons. The molecule has 1 aliphatic carbocycles. The molecule has 2 fully saturated rings. The maximum Gasteiger partial charge on any atom is 0.407 e. The van der Waals surface area contributed by atoms with Crippen molar-refractivity contribution in [1.29, 1.82) is 0 Å². The molecule has 0 spiro atoms. The van der Waals surface area contributed by atoms with Crippen molar-refractivity contribution in [3.63, 3.8) is 0 Å². The number of rotatable bonds is 8. The van der Waals surface area contributed by atoms with Gasteiger partial charge in [-0.25, -0.2) is 14.3 Å². The van der Waals surface area contributed by atoms with Gasteiger partial charge in [0, 0.05) is 42.7 Å². The van der Waals surface area contributed by atoms with Gasteiger partial charge in [-0.05, 0) is 45.6 Å². The zero-order chi connectivity index (χ0) is 23.5. The summed E-state index contributed by atoms with van der Waals surface area (Å²) in [4.78, 5) is 16.4. The molecule has 3 aromatic heterocycles. The second-order valence-corrected chi connectivity index (χ2v) is 9.21. The van der Waals surface area contributed by atoms with E-state index in [9.17, 15) is 4.79 Å². The summed E-state index contributed by atoms with van der Waals surface area (Å²) in [7, 11) is 0. The third-order valence-corrected chi connectivity index (χ3v) is 6.14. The monoisotopic (exact) mass is 469 g/mol. The Morgan fingerprint density at radius 1 is 1.29 bits per heavy atom. The van der Waals surface area contributed by atoms with Gasteiger partial charge < -0.3 is 24.8 Å². The van der Waals surface area contributed by atoms with Gasteiger partial charge in [-0.2, -0.15) is 10.2 Å². The number of fused-ring (bicyclic) bond motifs is 1. The van der Waals surface area contributed by atoms with Crippen molar-refractivity contribution >= 4 is 23.2 Å². The molecule has 11 heteroatoms. The molecular formula is C23H31N7O4. The fourth-order valence-electron chi connectivity index (χ4n) is 4.47. The second kappa shape index (κ2) is 9.98. The molecule has 0 bridgehead atoms. The quantitative estimate of drug-likeness (QED) is 0.459.